The van der Waals surface area contributed by atoms with Crippen LogP contribution in [-0.4, -0.2) is 55.1 Å². The van der Waals surface area contributed by atoms with E-state index in [2.05, 4.69) is 0 Å². The molecule has 50 heavy (non-hydrogen) atoms. The molecule has 0 radical (unpaired) electrons. The van der Waals surface area contributed by atoms with Gasteiger partial charge in [-0.2, -0.15) is 0 Å². The number of ether oxygens (including phenoxy) is 2. The van der Waals surface area contributed by atoms with E-state index in [9.17, 15) is 27.6 Å². The molecule has 5 aromatic rings. The summed E-state index contributed by atoms with van der Waals surface area (Å²) in [5.74, 6) is -3.82. The first-order chi connectivity index (χ1) is 24.1. The number of sulfone groups is 1. The molecular formula is C40H33NO8S. The van der Waals surface area contributed by atoms with Crippen molar-refractivity contribution in [2.45, 2.75) is 24.7 Å². The number of benzene rings is 5. The van der Waals surface area contributed by atoms with E-state index < -0.39 is 57.6 Å². The zero-order valence-corrected chi connectivity index (χ0v) is 27.9. The number of fused-ring (bicyclic) bond motifs is 1. The van der Waals surface area contributed by atoms with Crippen LogP contribution >= 0.6 is 0 Å². The van der Waals surface area contributed by atoms with Gasteiger partial charge >= 0.3 is 11.9 Å². The second-order valence-corrected chi connectivity index (χ2v) is 14.2. The van der Waals surface area contributed by atoms with Crippen LogP contribution in [0.15, 0.2) is 140 Å². The highest BCUT2D eigenvalue weighted by Gasteiger charge is 2.45. The first-order valence-corrected chi connectivity index (χ1v) is 18.0. The van der Waals surface area contributed by atoms with E-state index in [-0.39, 0.29) is 23.1 Å². The number of rotatable bonds is 12. The number of hydrogen-bond acceptors (Lipinski definition) is 8. The number of amides is 2. The van der Waals surface area contributed by atoms with Crippen LogP contribution in [0.2, 0.25) is 0 Å². The van der Waals surface area contributed by atoms with Gasteiger partial charge < -0.3 is 9.47 Å². The highest BCUT2D eigenvalue weighted by atomic mass is 32.2. The second-order valence-electron chi connectivity index (χ2n) is 11.9. The minimum Gasteiger partial charge on any atom is -0.451 e. The summed E-state index contributed by atoms with van der Waals surface area (Å²) in [5.41, 5.74) is 2.64. The highest BCUT2D eigenvalue weighted by molar-refractivity contribution is 7.90. The van der Waals surface area contributed by atoms with E-state index in [1.165, 1.54) is 18.2 Å². The molecule has 0 N–H and O–H groups in total. The molecule has 1 aliphatic heterocycles. The molecule has 0 bridgehead atoms. The Bertz CT molecular complexity index is 2040. The molecule has 1 aliphatic rings. The predicted octanol–water partition coefficient (Wildman–Crippen LogP) is 6.37. The van der Waals surface area contributed by atoms with Gasteiger partial charge in [0.1, 0.15) is 15.9 Å². The standard InChI is InChI=1S/C40H33NO8S/c1-50(46,47)25-24-34(40(45)49-36(29-18-10-4-11-19-29)30-20-12-5-13-21-30)41-37(42)32-23-22-31(26-33(32)38(41)43)39(44)48-35(27-14-6-2-7-15-27)28-16-8-3-9-17-28/h2-23,26,34-36H,24-25H2,1H3/t34-/m1/s1. The molecule has 5 aromatic carbocycles. The molecule has 0 unspecified atom stereocenters. The minimum absolute atomic E-state index is 0.0205. The van der Waals surface area contributed by atoms with Crippen molar-refractivity contribution >= 4 is 33.6 Å². The van der Waals surface area contributed by atoms with Crippen LogP contribution in [0.4, 0.5) is 0 Å². The van der Waals surface area contributed by atoms with E-state index in [0.717, 1.165) is 22.3 Å². The third-order valence-electron chi connectivity index (χ3n) is 8.37. The van der Waals surface area contributed by atoms with Crippen LogP contribution in [0.5, 0.6) is 0 Å². The molecule has 252 valence electrons. The van der Waals surface area contributed by atoms with E-state index in [1.54, 1.807) is 48.5 Å². The van der Waals surface area contributed by atoms with Crippen molar-refractivity contribution in [1.29, 1.82) is 0 Å². The number of nitrogens with zero attached hydrogens (tertiary/aromatic N) is 1. The summed E-state index contributed by atoms with van der Waals surface area (Å²) < 4.78 is 36.4. The van der Waals surface area contributed by atoms with E-state index in [0.29, 0.717) is 11.1 Å². The zero-order valence-electron chi connectivity index (χ0n) is 27.0. The topological polar surface area (TPSA) is 124 Å². The SMILES string of the molecule is CS(=O)(=O)CC[C@H](C(=O)OC(c1ccccc1)c1ccccc1)N1C(=O)c2ccc(C(=O)OC(c3ccccc3)c3ccccc3)cc2C1=O. The molecular weight excluding hydrogens is 655 g/mol. The van der Waals surface area contributed by atoms with Crippen LogP contribution in [0.1, 0.15) is 72.0 Å². The number of esters is 2. The summed E-state index contributed by atoms with van der Waals surface area (Å²) in [5, 5.41) is 0. The van der Waals surface area contributed by atoms with Gasteiger partial charge in [-0.3, -0.25) is 14.5 Å². The number of hydrogen-bond donors (Lipinski definition) is 0. The number of carbonyl (C=O) groups is 4. The lowest BCUT2D eigenvalue weighted by molar-refractivity contribution is -0.152. The van der Waals surface area contributed by atoms with Crippen LogP contribution < -0.4 is 0 Å². The molecule has 0 fully saturated rings. The summed E-state index contributed by atoms with van der Waals surface area (Å²) >= 11 is 0. The first kappa shape index (κ1) is 34.0. The highest BCUT2D eigenvalue weighted by Crippen LogP contribution is 2.32. The smallest absolute Gasteiger partial charge is 0.339 e. The van der Waals surface area contributed by atoms with Gasteiger partial charge in [-0.15, -0.1) is 0 Å². The van der Waals surface area contributed by atoms with Crippen molar-refractivity contribution in [3.05, 3.63) is 178 Å². The molecule has 2 amide bonds. The number of carbonyl (C=O) groups excluding carboxylic acids is 4. The third kappa shape index (κ3) is 7.55. The Morgan fingerprint density at radius 3 is 1.46 bits per heavy atom. The van der Waals surface area contributed by atoms with Crippen molar-refractivity contribution in [3.8, 4) is 0 Å². The van der Waals surface area contributed by atoms with Crippen LogP contribution in [0, 0.1) is 0 Å². The number of imide groups is 1. The Hall–Kier alpha value is -5.87. The first-order valence-electron chi connectivity index (χ1n) is 15.9. The van der Waals surface area contributed by atoms with Crippen molar-refractivity contribution in [2.24, 2.45) is 0 Å². The van der Waals surface area contributed by atoms with Crippen LogP contribution in [0.3, 0.4) is 0 Å². The predicted molar refractivity (Wildman–Crippen MR) is 186 cm³/mol. The largest absolute Gasteiger partial charge is 0.451 e. The molecule has 0 saturated heterocycles. The lowest BCUT2D eigenvalue weighted by atomic mass is 10.0. The normalized spacial score (nSPS) is 13.3. The molecule has 1 atom stereocenters. The average Bonchev–Trinajstić information content (AvgIpc) is 3.38. The van der Waals surface area contributed by atoms with Gasteiger partial charge in [-0.05, 0) is 46.9 Å². The van der Waals surface area contributed by atoms with Crippen molar-refractivity contribution in [1.82, 2.24) is 4.90 Å². The summed E-state index contributed by atoms with van der Waals surface area (Å²) in [6.07, 6.45) is -1.02. The minimum atomic E-state index is -3.61. The third-order valence-corrected chi connectivity index (χ3v) is 9.34. The quantitative estimate of drug-likeness (QED) is 0.110. The molecule has 0 saturated carbocycles. The maximum Gasteiger partial charge on any atom is 0.339 e. The van der Waals surface area contributed by atoms with Gasteiger partial charge in [-0.25, -0.2) is 18.0 Å². The van der Waals surface area contributed by atoms with Crippen molar-refractivity contribution in [2.75, 3.05) is 12.0 Å². The summed E-state index contributed by atoms with van der Waals surface area (Å²) in [6, 6.07) is 38.7. The lowest BCUT2D eigenvalue weighted by Crippen LogP contribution is -2.46. The van der Waals surface area contributed by atoms with Gasteiger partial charge in [-0.1, -0.05) is 121 Å². The van der Waals surface area contributed by atoms with E-state index in [1.807, 2.05) is 72.8 Å². The Labute approximate surface area is 290 Å². The molecule has 9 nitrogen and oxygen atoms in total. The van der Waals surface area contributed by atoms with Gasteiger partial charge in [0, 0.05) is 6.26 Å². The monoisotopic (exact) mass is 687 g/mol. The Kier molecular flexibility index (Phi) is 10.0. The van der Waals surface area contributed by atoms with E-state index in [4.69, 9.17) is 9.47 Å². The molecule has 0 aliphatic carbocycles. The maximum absolute atomic E-state index is 14.0. The fourth-order valence-electron chi connectivity index (χ4n) is 5.89. The summed E-state index contributed by atoms with van der Waals surface area (Å²) in [4.78, 5) is 56.0. The molecule has 10 heteroatoms. The Morgan fingerprint density at radius 1 is 0.600 bits per heavy atom. The lowest BCUT2D eigenvalue weighted by Gasteiger charge is -2.27. The molecule has 0 spiro atoms. The fourth-order valence-corrected chi connectivity index (χ4v) is 6.54. The zero-order chi connectivity index (χ0) is 35.3. The maximum atomic E-state index is 14.0. The molecule has 0 aromatic heterocycles. The van der Waals surface area contributed by atoms with E-state index >= 15 is 0 Å². The Balaban J connectivity index is 1.29. The van der Waals surface area contributed by atoms with Crippen molar-refractivity contribution < 1.29 is 37.1 Å². The molecule has 1 heterocycles. The van der Waals surface area contributed by atoms with Gasteiger partial charge in [0.15, 0.2) is 12.2 Å². The molecule has 6 rings (SSSR count). The second kappa shape index (κ2) is 14.7. The summed E-state index contributed by atoms with van der Waals surface area (Å²) in [7, 11) is -3.61. The van der Waals surface area contributed by atoms with Crippen LogP contribution in [0.25, 0.3) is 0 Å². The fraction of sp³-hybridized carbons (Fsp3) is 0.150. The van der Waals surface area contributed by atoms with Crippen LogP contribution in [-0.2, 0) is 24.1 Å². The van der Waals surface area contributed by atoms with Crippen molar-refractivity contribution in [3.63, 3.8) is 0 Å². The van der Waals surface area contributed by atoms with Gasteiger partial charge in [0.05, 0.1) is 22.4 Å². The Morgan fingerprint density at radius 2 is 1.02 bits per heavy atom. The van der Waals surface area contributed by atoms with Gasteiger partial charge in [0.2, 0.25) is 0 Å². The summed E-state index contributed by atoms with van der Waals surface area (Å²) in [6.45, 7) is 0. The average molecular weight is 688 g/mol. The van der Waals surface area contributed by atoms with Gasteiger partial charge in [0.25, 0.3) is 11.8 Å².